The third-order valence-corrected chi connectivity index (χ3v) is 5.66. The third kappa shape index (κ3) is 2.01. The third-order valence-electron chi connectivity index (χ3n) is 3.74. The molecule has 1 amide bonds. The average molecular weight is 352 g/mol. The van der Waals surface area contributed by atoms with Crippen molar-refractivity contribution in [3.63, 3.8) is 0 Å². The first-order valence-corrected chi connectivity index (χ1v) is 7.95. The van der Waals surface area contributed by atoms with Crippen molar-refractivity contribution in [2.45, 2.75) is 25.4 Å². The average Bonchev–Trinajstić information content (AvgIpc) is 2.92. The Morgan fingerprint density at radius 2 is 2.10 bits per heavy atom. The summed E-state index contributed by atoms with van der Waals surface area (Å²) in [6.45, 7) is 3.79. The van der Waals surface area contributed by atoms with Crippen LogP contribution < -0.4 is 5.32 Å². The lowest BCUT2D eigenvalue weighted by atomic mass is 9.85. The largest absolute Gasteiger partial charge is 0.383 e. The highest BCUT2D eigenvalue weighted by atomic mass is 79.9. The molecule has 3 rings (SSSR count). The van der Waals surface area contributed by atoms with E-state index < -0.39 is 11.5 Å². The molecule has 1 aromatic heterocycles. The maximum absolute atomic E-state index is 11.9. The molecule has 3 nitrogen and oxygen atoms in total. The molecule has 1 aliphatic rings. The lowest BCUT2D eigenvalue weighted by molar-refractivity contribution is -0.119. The maximum Gasteiger partial charge on any atom is 0.234 e. The highest BCUT2D eigenvalue weighted by Gasteiger charge is 2.38. The number of anilines is 1. The van der Waals surface area contributed by atoms with Gasteiger partial charge in [0.15, 0.2) is 0 Å². The Morgan fingerprint density at radius 3 is 2.75 bits per heavy atom. The van der Waals surface area contributed by atoms with Crippen molar-refractivity contribution in [2.75, 3.05) is 5.32 Å². The first-order valence-electron chi connectivity index (χ1n) is 6.28. The second-order valence-corrected chi connectivity index (χ2v) is 7.22. The fourth-order valence-corrected chi connectivity index (χ4v) is 4.01. The van der Waals surface area contributed by atoms with Crippen LogP contribution >= 0.6 is 27.3 Å². The van der Waals surface area contributed by atoms with Crippen molar-refractivity contribution >= 4 is 38.9 Å². The summed E-state index contributed by atoms with van der Waals surface area (Å²) in [6, 6.07) is 7.56. The van der Waals surface area contributed by atoms with Gasteiger partial charge < -0.3 is 10.4 Å². The van der Waals surface area contributed by atoms with Gasteiger partial charge in [0.2, 0.25) is 5.91 Å². The molecule has 104 valence electrons. The standard InChI is InChI=1S/C15H14BrNO2S/c1-15(2)9-7-8(3-4-11(9)17-14(15)19)12(18)13-10(16)5-6-20-13/h3-7,12,18H,1-2H3,(H,17,19). The quantitative estimate of drug-likeness (QED) is 0.863. The summed E-state index contributed by atoms with van der Waals surface area (Å²) in [7, 11) is 0. The summed E-state index contributed by atoms with van der Waals surface area (Å²) in [5.41, 5.74) is 2.02. The molecule has 0 radical (unpaired) electrons. The Balaban J connectivity index is 2.04. The van der Waals surface area contributed by atoms with E-state index in [1.807, 2.05) is 43.5 Å². The van der Waals surface area contributed by atoms with Crippen molar-refractivity contribution < 1.29 is 9.90 Å². The molecular formula is C15H14BrNO2S. The summed E-state index contributed by atoms with van der Waals surface area (Å²) >= 11 is 4.95. The number of rotatable bonds is 2. The van der Waals surface area contributed by atoms with Gasteiger partial charge in [-0.1, -0.05) is 6.07 Å². The second kappa shape index (κ2) is 4.69. The molecule has 1 unspecified atom stereocenters. The van der Waals surface area contributed by atoms with Gasteiger partial charge in [-0.2, -0.15) is 0 Å². The van der Waals surface area contributed by atoms with E-state index in [1.165, 1.54) is 11.3 Å². The first kappa shape index (κ1) is 13.8. The Labute approximate surface area is 129 Å². The zero-order valence-electron chi connectivity index (χ0n) is 11.1. The predicted octanol–water partition coefficient (Wildman–Crippen LogP) is 3.82. The highest BCUT2D eigenvalue weighted by molar-refractivity contribution is 9.10. The zero-order chi connectivity index (χ0) is 14.5. The monoisotopic (exact) mass is 351 g/mol. The van der Waals surface area contributed by atoms with Crippen LogP contribution in [0.3, 0.4) is 0 Å². The van der Waals surface area contributed by atoms with Crippen molar-refractivity contribution in [3.05, 3.63) is 50.1 Å². The maximum atomic E-state index is 11.9. The minimum absolute atomic E-state index is 0.00329. The summed E-state index contributed by atoms with van der Waals surface area (Å²) in [5.74, 6) is -0.00329. The van der Waals surface area contributed by atoms with Crippen LogP contribution in [0.4, 0.5) is 5.69 Å². The number of hydrogen-bond donors (Lipinski definition) is 2. The minimum Gasteiger partial charge on any atom is -0.383 e. The number of thiophene rings is 1. The van der Waals surface area contributed by atoms with Gasteiger partial charge in [-0.3, -0.25) is 4.79 Å². The number of aliphatic hydroxyl groups is 1. The summed E-state index contributed by atoms with van der Waals surface area (Å²) in [5, 5.41) is 15.3. The smallest absolute Gasteiger partial charge is 0.234 e. The van der Waals surface area contributed by atoms with Gasteiger partial charge in [0.05, 0.1) is 10.3 Å². The van der Waals surface area contributed by atoms with Gasteiger partial charge in [-0.25, -0.2) is 0 Å². The number of carbonyl (C=O) groups is 1. The Kier molecular flexibility index (Phi) is 3.23. The number of benzene rings is 1. The zero-order valence-corrected chi connectivity index (χ0v) is 13.5. The number of hydrogen-bond acceptors (Lipinski definition) is 3. The minimum atomic E-state index is -0.679. The Hall–Kier alpha value is -1.17. The molecule has 0 saturated carbocycles. The summed E-state index contributed by atoms with van der Waals surface area (Å²) in [6.07, 6.45) is -0.679. The molecule has 0 spiro atoms. The van der Waals surface area contributed by atoms with Crippen molar-refractivity contribution in [2.24, 2.45) is 0 Å². The molecule has 0 bridgehead atoms. The molecule has 2 N–H and O–H groups in total. The van der Waals surface area contributed by atoms with Crippen LogP contribution in [0.2, 0.25) is 0 Å². The number of halogens is 1. The Morgan fingerprint density at radius 1 is 1.35 bits per heavy atom. The van der Waals surface area contributed by atoms with Crippen molar-refractivity contribution in [1.29, 1.82) is 0 Å². The van der Waals surface area contributed by atoms with Crippen LogP contribution in [0.5, 0.6) is 0 Å². The van der Waals surface area contributed by atoms with Crippen LogP contribution in [0.1, 0.15) is 36.0 Å². The predicted molar refractivity (Wildman–Crippen MR) is 84.2 cm³/mol. The summed E-state index contributed by atoms with van der Waals surface area (Å²) in [4.78, 5) is 12.8. The van der Waals surface area contributed by atoms with E-state index in [1.54, 1.807) is 0 Å². The first-order chi connectivity index (χ1) is 9.41. The van der Waals surface area contributed by atoms with E-state index in [4.69, 9.17) is 0 Å². The molecule has 5 heteroatoms. The van der Waals surface area contributed by atoms with Crippen LogP contribution in [0.15, 0.2) is 34.1 Å². The number of nitrogens with one attached hydrogen (secondary N) is 1. The van der Waals surface area contributed by atoms with Crippen LogP contribution in [-0.2, 0) is 10.2 Å². The van der Waals surface area contributed by atoms with Crippen LogP contribution in [0, 0.1) is 0 Å². The van der Waals surface area contributed by atoms with Gasteiger partial charge in [0, 0.05) is 10.2 Å². The van der Waals surface area contributed by atoms with Gasteiger partial charge in [-0.15, -0.1) is 11.3 Å². The lowest BCUT2D eigenvalue weighted by Crippen LogP contribution is -2.26. The molecule has 1 atom stereocenters. The molecule has 20 heavy (non-hydrogen) atoms. The van der Waals surface area contributed by atoms with E-state index in [0.717, 1.165) is 26.2 Å². The molecule has 0 saturated heterocycles. The van der Waals surface area contributed by atoms with Gasteiger partial charge in [0.1, 0.15) is 6.10 Å². The number of amides is 1. The van der Waals surface area contributed by atoms with Crippen LogP contribution in [0.25, 0.3) is 0 Å². The molecule has 2 heterocycles. The van der Waals surface area contributed by atoms with E-state index in [-0.39, 0.29) is 5.91 Å². The molecule has 1 aromatic carbocycles. The number of aliphatic hydroxyl groups excluding tert-OH is 1. The fraction of sp³-hybridized carbons (Fsp3) is 0.267. The van der Waals surface area contributed by atoms with E-state index in [2.05, 4.69) is 21.2 Å². The fourth-order valence-electron chi connectivity index (χ4n) is 2.41. The molecular weight excluding hydrogens is 338 g/mol. The number of fused-ring (bicyclic) bond motifs is 1. The van der Waals surface area contributed by atoms with E-state index in [0.29, 0.717) is 0 Å². The molecule has 0 aliphatic carbocycles. The van der Waals surface area contributed by atoms with Gasteiger partial charge >= 0.3 is 0 Å². The molecule has 0 fully saturated rings. The highest BCUT2D eigenvalue weighted by Crippen LogP contribution is 2.40. The van der Waals surface area contributed by atoms with Gasteiger partial charge in [-0.05, 0) is 64.5 Å². The molecule has 1 aliphatic heterocycles. The van der Waals surface area contributed by atoms with Crippen molar-refractivity contribution in [3.8, 4) is 0 Å². The lowest BCUT2D eigenvalue weighted by Gasteiger charge is -2.17. The van der Waals surface area contributed by atoms with Crippen LogP contribution in [-0.4, -0.2) is 11.0 Å². The molecule has 2 aromatic rings. The van der Waals surface area contributed by atoms with E-state index in [9.17, 15) is 9.90 Å². The normalized spacial score (nSPS) is 17.7. The SMILES string of the molecule is CC1(C)C(=O)Nc2ccc(C(O)c3sccc3Br)cc21. The summed E-state index contributed by atoms with van der Waals surface area (Å²) < 4.78 is 0.906. The van der Waals surface area contributed by atoms with E-state index >= 15 is 0 Å². The van der Waals surface area contributed by atoms with Crippen molar-refractivity contribution in [1.82, 2.24) is 0 Å². The van der Waals surface area contributed by atoms with Gasteiger partial charge in [0.25, 0.3) is 0 Å². The topological polar surface area (TPSA) is 49.3 Å². The number of carbonyl (C=O) groups excluding carboxylic acids is 1. The Bertz CT molecular complexity index is 693. The second-order valence-electron chi connectivity index (χ2n) is 5.42.